The van der Waals surface area contributed by atoms with Crippen molar-refractivity contribution in [2.24, 2.45) is 0 Å². The van der Waals surface area contributed by atoms with E-state index in [1.165, 1.54) is 6.33 Å². The third-order valence-electron chi connectivity index (χ3n) is 3.69. The lowest BCUT2D eigenvalue weighted by atomic mass is 10.1. The molecule has 0 saturated heterocycles. The van der Waals surface area contributed by atoms with E-state index in [2.05, 4.69) is 36.8 Å². The first kappa shape index (κ1) is 18.1. The van der Waals surface area contributed by atoms with Crippen molar-refractivity contribution in [2.75, 3.05) is 11.9 Å². The minimum absolute atomic E-state index is 0.0441. The standard InChI is InChI=1S/C18H18BrN5O2/c1-13-10-15(7-8-17(13)24-12-20-22-23-24)21-18(25)6-3-9-26-16-5-2-4-14(19)11-16/h2,4-5,7-8,10-12H,3,6,9H2,1H3,(H,21,25). The zero-order valence-corrected chi connectivity index (χ0v) is 15.8. The van der Waals surface area contributed by atoms with E-state index in [0.717, 1.165) is 27.2 Å². The summed E-state index contributed by atoms with van der Waals surface area (Å²) < 4.78 is 8.18. The molecule has 0 aliphatic rings. The van der Waals surface area contributed by atoms with Crippen LogP contribution in [0.15, 0.2) is 53.3 Å². The number of aromatic nitrogens is 4. The van der Waals surface area contributed by atoms with E-state index in [0.29, 0.717) is 19.4 Å². The Morgan fingerprint density at radius 1 is 1.27 bits per heavy atom. The van der Waals surface area contributed by atoms with Crippen LogP contribution in [0.25, 0.3) is 5.69 Å². The number of rotatable bonds is 7. The van der Waals surface area contributed by atoms with Gasteiger partial charge in [0, 0.05) is 16.6 Å². The van der Waals surface area contributed by atoms with Gasteiger partial charge in [-0.05, 0) is 65.7 Å². The molecule has 0 bridgehead atoms. The second-order valence-corrected chi connectivity index (χ2v) is 6.63. The van der Waals surface area contributed by atoms with Crippen molar-refractivity contribution in [3.8, 4) is 11.4 Å². The van der Waals surface area contributed by atoms with Gasteiger partial charge in [0.15, 0.2) is 0 Å². The lowest BCUT2D eigenvalue weighted by Gasteiger charge is -2.10. The summed E-state index contributed by atoms with van der Waals surface area (Å²) in [4.78, 5) is 12.1. The summed E-state index contributed by atoms with van der Waals surface area (Å²) >= 11 is 3.40. The zero-order valence-electron chi connectivity index (χ0n) is 14.2. The molecule has 0 aliphatic carbocycles. The van der Waals surface area contributed by atoms with Gasteiger partial charge in [0.2, 0.25) is 5.91 Å². The summed E-state index contributed by atoms with van der Waals surface area (Å²) in [5.41, 5.74) is 2.58. The number of hydrogen-bond donors (Lipinski definition) is 1. The fourth-order valence-electron chi connectivity index (χ4n) is 2.46. The quantitative estimate of drug-likeness (QED) is 0.596. The molecular formula is C18H18BrN5O2. The Bertz CT molecular complexity index is 883. The zero-order chi connectivity index (χ0) is 18.4. The summed E-state index contributed by atoms with van der Waals surface area (Å²) in [6.07, 6.45) is 2.56. The van der Waals surface area contributed by atoms with Crippen molar-refractivity contribution < 1.29 is 9.53 Å². The number of ether oxygens (including phenoxy) is 1. The highest BCUT2D eigenvalue weighted by molar-refractivity contribution is 9.10. The lowest BCUT2D eigenvalue weighted by Crippen LogP contribution is -2.13. The second-order valence-electron chi connectivity index (χ2n) is 5.71. The van der Waals surface area contributed by atoms with Crippen molar-refractivity contribution in [1.82, 2.24) is 20.2 Å². The number of aryl methyl sites for hydroxylation is 1. The number of carbonyl (C=O) groups is 1. The van der Waals surface area contributed by atoms with Crippen LogP contribution in [0.4, 0.5) is 5.69 Å². The fourth-order valence-corrected chi connectivity index (χ4v) is 2.84. The molecule has 0 radical (unpaired) electrons. The van der Waals surface area contributed by atoms with Crippen LogP contribution >= 0.6 is 15.9 Å². The number of nitrogens with one attached hydrogen (secondary N) is 1. The lowest BCUT2D eigenvalue weighted by molar-refractivity contribution is -0.116. The van der Waals surface area contributed by atoms with E-state index in [1.807, 2.05) is 49.4 Å². The molecule has 0 fully saturated rings. The molecule has 1 aromatic heterocycles. The van der Waals surface area contributed by atoms with E-state index in [9.17, 15) is 4.79 Å². The molecule has 7 nitrogen and oxygen atoms in total. The van der Waals surface area contributed by atoms with Gasteiger partial charge >= 0.3 is 0 Å². The van der Waals surface area contributed by atoms with Gasteiger partial charge in [-0.2, -0.15) is 0 Å². The highest BCUT2D eigenvalue weighted by Gasteiger charge is 2.07. The van der Waals surface area contributed by atoms with E-state index in [4.69, 9.17) is 4.74 Å². The van der Waals surface area contributed by atoms with Gasteiger partial charge in [-0.25, -0.2) is 4.68 Å². The van der Waals surface area contributed by atoms with Gasteiger partial charge in [-0.1, -0.05) is 22.0 Å². The first-order valence-corrected chi connectivity index (χ1v) is 8.93. The van der Waals surface area contributed by atoms with Crippen LogP contribution in [0.2, 0.25) is 0 Å². The Kier molecular flexibility index (Phi) is 5.96. The predicted molar refractivity (Wildman–Crippen MR) is 101 cm³/mol. The van der Waals surface area contributed by atoms with E-state index in [1.54, 1.807) is 4.68 Å². The summed E-state index contributed by atoms with van der Waals surface area (Å²) in [6, 6.07) is 13.2. The van der Waals surface area contributed by atoms with Gasteiger partial charge in [0.05, 0.1) is 12.3 Å². The third-order valence-corrected chi connectivity index (χ3v) is 4.18. The minimum Gasteiger partial charge on any atom is -0.494 e. The summed E-state index contributed by atoms with van der Waals surface area (Å²) in [5.74, 6) is 0.742. The van der Waals surface area contributed by atoms with Crippen LogP contribution in [0.3, 0.4) is 0 Å². The molecule has 0 spiro atoms. The molecule has 26 heavy (non-hydrogen) atoms. The molecule has 3 rings (SSSR count). The Morgan fingerprint density at radius 2 is 2.15 bits per heavy atom. The molecule has 0 atom stereocenters. The van der Waals surface area contributed by atoms with Crippen LogP contribution in [0, 0.1) is 6.92 Å². The van der Waals surface area contributed by atoms with Gasteiger partial charge in [-0.15, -0.1) is 5.10 Å². The number of anilines is 1. The monoisotopic (exact) mass is 415 g/mol. The molecule has 2 aromatic carbocycles. The van der Waals surface area contributed by atoms with Crippen molar-refractivity contribution in [2.45, 2.75) is 19.8 Å². The highest BCUT2D eigenvalue weighted by Crippen LogP contribution is 2.19. The molecule has 8 heteroatoms. The molecule has 1 N–H and O–H groups in total. The first-order valence-electron chi connectivity index (χ1n) is 8.14. The largest absolute Gasteiger partial charge is 0.494 e. The summed E-state index contributed by atoms with van der Waals surface area (Å²) in [7, 11) is 0. The molecule has 1 amide bonds. The topological polar surface area (TPSA) is 81.9 Å². The Morgan fingerprint density at radius 3 is 2.88 bits per heavy atom. The Balaban J connectivity index is 1.47. The molecule has 3 aromatic rings. The van der Waals surface area contributed by atoms with Gasteiger partial charge in [0.25, 0.3) is 0 Å². The van der Waals surface area contributed by atoms with Crippen molar-refractivity contribution in [3.05, 3.63) is 58.8 Å². The van der Waals surface area contributed by atoms with Crippen molar-refractivity contribution >= 4 is 27.5 Å². The average Bonchev–Trinajstić information content (AvgIpc) is 3.13. The highest BCUT2D eigenvalue weighted by atomic mass is 79.9. The van der Waals surface area contributed by atoms with Crippen molar-refractivity contribution in [3.63, 3.8) is 0 Å². The van der Waals surface area contributed by atoms with Crippen molar-refractivity contribution in [1.29, 1.82) is 0 Å². The number of benzene rings is 2. The predicted octanol–water partition coefficient (Wildman–Crippen LogP) is 3.53. The number of hydrogen-bond acceptors (Lipinski definition) is 5. The number of amides is 1. The number of nitrogens with zero attached hydrogens (tertiary/aromatic N) is 4. The molecule has 0 unspecified atom stereocenters. The normalized spacial score (nSPS) is 10.5. The van der Waals surface area contributed by atoms with Crippen LogP contribution in [-0.2, 0) is 4.79 Å². The average molecular weight is 416 g/mol. The maximum absolute atomic E-state index is 12.1. The summed E-state index contributed by atoms with van der Waals surface area (Å²) in [5, 5.41) is 14.0. The van der Waals surface area contributed by atoms with Gasteiger partial charge in [0.1, 0.15) is 12.1 Å². The summed E-state index contributed by atoms with van der Waals surface area (Å²) in [6.45, 7) is 2.43. The van der Waals surface area contributed by atoms with Crippen LogP contribution < -0.4 is 10.1 Å². The fraction of sp³-hybridized carbons (Fsp3) is 0.222. The smallest absolute Gasteiger partial charge is 0.224 e. The molecule has 0 aliphatic heterocycles. The number of carbonyl (C=O) groups excluding carboxylic acids is 1. The Hall–Kier alpha value is -2.74. The SMILES string of the molecule is Cc1cc(NC(=O)CCCOc2cccc(Br)c2)ccc1-n1cnnn1. The molecule has 1 heterocycles. The Labute approximate surface area is 159 Å². The van der Waals surface area contributed by atoms with Crippen LogP contribution in [0.1, 0.15) is 18.4 Å². The third kappa shape index (κ3) is 4.89. The minimum atomic E-state index is -0.0441. The molecule has 134 valence electrons. The number of halogens is 1. The van der Waals surface area contributed by atoms with Gasteiger partial charge < -0.3 is 10.1 Å². The maximum Gasteiger partial charge on any atom is 0.224 e. The van der Waals surface area contributed by atoms with Gasteiger partial charge in [-0.3, -0.25) is 4.79 Å². The van der Waals surface area contributed by atoms with E-state index < -0.39 is 0 Å². The maximum atomic E-state index is 12.1. The van der Waals surface area contributed by atoms with Crippen LogP contribution in [-0.4, -0.2) is 32.7 Å². The van der Waals surface area contributed by atoms with Crippen LogP contribution in [0.5, 0.6) is 5.75 Å². The first-order chi connectivity index (χ1) is 12.6. The van der Waals surface area contributed by atoms with E-state index in [-0.39, 0.29) is 5.91 Å². The van der Waals surface area contributed by atoms with E-state index >= 15 is 0 Å². The molecular weight excluding hydrogens is 398 g/mol. The number of tetrazole rings is 1. The molecule has 0 saturated carbocycles. The second kappa shape index (κ2) is 8.57.